The van der Waals surface area contributed by atoms with Gasteiger partial charge in [-0.15, -0.1) is 0 Å². The first-order chi connectivity index (χ1) is 18.8. The Morgan fingerprint density at radius 1 is 0.925 bits per heavy atom. The highest BCUT2D eigenvalue weighted by Crippen LogP contribution is 2.47. The van der Waals surface area contributed by atoms with Crippen LogP contribution in [0.1, 0.15) is 72.0 Å². The zero-order valence-electron chi connectivity index (χ0n) is 24.5. The third-order valence-electron chi connectivity index (χ3n) is 7.85. The number of Topliss-reactive ketones (excluding diaryl/α,β-unsaturated/α-hetero) is 1. The predicted molar refractivity (Wildman–Crippen MR) is 156 cm³/mol. The van der Waals surface area contributed by atoms with Crippen molar-refractivity contribution in [1.29, 1.82) is 0 Å². The van der Waals surface area contributed by atoms with E-state index in [1.54, 1.807) is 30.3 Å². The fourth-order valence-corrected chi connectivity index (χ4v) is 16.8. The van der Waals surface area contributed by atoms with Gasteiger partial charge in [-0.2, -0.15) is 4.98 Å². The minimum absolute atomic E-state index is 0.0444. The first-order valence-corrected chi connectivity index (χ1v) is 17.9. The lowest BCUT2D eigenvalue weighted by atomic mass is 10.1. The van der Waals surface area contributed by atoms with Gasteiger partial charge in [0.15, 0.2) is 0 Å². The molecule has 3 heterocycles. The summed E-state index contributed by atoms with van der Waals surface area (Å²) < 4.78 is 28.0. The van der Waals surface area contributed by atoms with Crippen molar-refractivity contribution in [3.63, 3.8) is 0 Å². The molecule has 2 fully saturated rings. The summed E-state index contributed by atoms with van der Waals surface area (Å²) in [5, 5.41) is 2.62. The molecule has 2 aliphatic heterocycles. The van der Waals surface area contributed by atoms with Crippen LogP contribution in [0.15, 0.2) is 47.4 Å². The molecule has 3 unspecified atom stereocenters. The van der Waals surface area contributed by atoms with E-state index < -0.39 is 47.2 Å². The highest BCUT2D eigenvalue weighted by atomic mass is 28.5. The van der Waals surface area contributed by atoms with Crippen LogP contribution in [0, 0.1) is 0 Å². The first kappa shape index (κ1) is 30.5. The molecule has 12 heteroatoms. The molecule has 2 aliphatic rings. The van der Waals surface area contributed by atoms with E-state index in [0.717, 1.165) is 4.57 Å². The first-order valence-electron chi connectivity index (χ1n) is 14.0. The number of aromatic nitrogens is 2. The Kier molecular flexibility index (Phi) is 8.98. The van der Waals surface area contributed by atoms with E-state index in [1.165, 1.54) is 12.3 Å². The van der Waals surface area contributed by atoms with Crippen molar-refractivity contribution in [3.05, 3.63) is 58.6 Å². The van der Waals surface area contributed by atoms with Crippen LogP contribution in [0.3, 0.4) is 0 Å². The Bertz CT molecular complexity index is 1270. The normalized spacial score (nSPS) is 24.3. The highest BCUT2D eigenvalue weighted by Gasteiger charge is 2.61. The van der Waals surface area contributed by atoms with Gasteiger partial charge in [-0.25, -0.2) is 4.79 Å². The maximum atomic E-state index is 13.8. The summed E-state index contributed by atoms with van der Waals surface area (Å²) in [5.41, 5.74) is 0.0976. The minimum atomic E-state index is -3.03. The molecule has 0 spiro atoms. The zero-order chi connectivity index (χ0) is 29.4. The SMILES string of the molecule is CC(C)[Si]1(C(C)C)OCC2OC(n3ccc(NC(=O)c4ccccc4)nc3=O)C(=O)C2O[Si](C(C)C)(C(C)C)O1. The molecular weight excluding hydrogens is 546 g/mol. The summed E-state index contributed by atoms with van der Waals surface area (Å²) in [6.07, 6.45) is -1.45. The molecule has 218 valence electrons. The summed E-state index contributed by atoms with van der Waals surface area (Å²) in [7, 11) is -5.83. The fourth-order valence-electron chi connectivity index (χ4n) is 5.65. The zero-order valence-corrected chi connectivity index (χ0v) is 26.5. The summed E-state index contributed by atoms with van der Waals surface area (Å²) in [6, 6.07) is 10.1. The Hall–Kier alpha value is -2.49. The Labute approximate surface area is 237 Å². The second-order valence-electron chi connectivity index (χ2n) is 11.8. The molecule has 3 atom stereocenters. The molecule has 2 saturated heterocycles. The number of hydrogen-bond donors (Lipinski definition) is 1. The van der Waals surface area contributed by atoms with Gasteiger partial charge in [0.2, 0.25) is 12.0 Å². The molecule has 1 N–H and O–H groups in total. The van der Waals surface area contributed by atoms with Gasteiger partial charge in [0.05, 0.1) is 6.61 Å². The minimum Gasteiger partial charge on any atom is -0.414 e. The lowest BCUT2D eigenvalue weighted by Crippen LogP contribution is -2.65. The number of rotatable bonds is 7. The molecule has 1 aromatic carbocycles. The third kappa shape index (κ3) is 5.52. The second kappa shape index (κ2) is 11.8. The van der Waals surface area contributed by atoms with E-state index in [-0.39, 0.29) is 40.4 Å². The van der Waals surface area contributed by atoms with Crippen molar-refractivity contribution >= 4 is 34.6 Å². The van der Waals surface area contributed by atoms with Gasteiger partial charge >= 0.3 is 22.8 Å². The Morgan fingerprint density at radius 3 is 2.08 bits per heavy atom. The topological polar surface area (TPSA) is 118 Å². The number of fused-ring (bicyclic) bond motifs is 1. The van der Waals surface area contributed by atoms with Gasteiger partial charge < -0.3 is 23.0 Å². The fraction of sp³-hybridized carbons (Fsp3) is 0.571. The van der Waals surface area contributed by atoms with Crippen LogP contribution in [0.4, 0.5) is 5.82 Å². The number of carbonyl (C=O) groups excluding carboxylic acids is 2. The average molecular weight is 588 g/mol. The van der Waals surface area contributed by atoms with Crippen molar-refractivity contribution in [3.8, 4) is 0 Å². The van der Waals surface area contributed by atoms with Gasteiger partial charge in [-0.3, -0.25) is 14.2 Å². The van der Waals surface area contributed by atoms with Crippen LogP contribution in [-0.4, -0.2) is 57.2 Å². The molecule has 0 bridgehead atoms. The van der Waals surface area contributed by atoms with E-state index in [1.807, 2.05) is 0 Å². The van der Waals surface area contributed by atoms with Crippen LogP contribution in [-0.2, 0) is 22.5 Å². The van der Waals surface area contributed by atoms with Crippen molar-refractivity contribution < 1.29 is 27.3 Å². The van der Waals surface area contributed by atoms with Gasteiger partial charge in [0, 0.05) is 11.8 Å². The number of nitrogens with one attached hydrogen (secondary N) is 1. The van der Waals surface area contributed by atoms with Gasteiger partial charge in [-0.05, 0) is 40.4 Å². The molecule has 1 amide bonds. The maximum Gasteiger partial charge on any atom is 0.352 e. The Balaban J connectivity index is 1.65. The van der Waals surface area contributed by atoms with Gasteiger partial charge in [-0.1, -0.05) is 73.6 Å². The highest BCUT2D eigenvalue weighted by molar-refractivity contribution is 6.84. The van der Waals surface area contributed by atoms with E-state index in [4.69, 9.17) is 17.7 Å². The number of anilines is 1. The van der Waals surface area contributed by atoms with Crippen LogP contribution in [0.25, 0.3) is 0 Å². The number of ketones is 1. The monoisotopic (exact) mass is 587 g/mol. The molecule has 0 aliphatic carbocycles. The Morgan fingerprint density at radius 2 is 1.52 bits per heavy atom. The summed E-state index contributed by atoms with van der Waals surface area (Å²) >= 11 is 0. The average Bonchev–Trinajstić information content (AvgIpc) is 3.18. The summed E-state index contributed by atoms with van der Waals surface area (Å²) in [6.45, 7) is 16.9. The standard InChI is InChI=1S/C28H41N3O7Si2/c1-17(2)39(18(3)4)35-16-22-25(37-40(38-39,19(5)6)20(7)8)24(32)27(36-22)31-15-14-23(30-28(31)34)29-26(33)21-12-10-9-11-13-21/h9-15,17-20,22,25,27H,16H2,1-8H3,(H,29,30,33,34). The lowest BCUT2D eigenvalue weighted by Gasteiger charge is -2.50. The largest absolute Gasteiger partial charge is 0.414 e. The lowest BCUT2D eigenvalue weighted by molar-refractivity contribution is -0.130. The van der Waals surface area contributed by atoms with Crippen molar-refractivity contribution in [2.24, 2.45) is 0 Å². The van der Waals surface area contributed by atoms with Crippen molar-refractivity contribution in [2.45, 2.75) is 96.0 Å². The van der Waals surface area contributed by atoms with Gasteiger partial charge in [0.1, 0.15) is 18.0 Å². The van der Waals surface area contributed by atoms with E-state index >= 15 is 0 Å². The van der Waals surface area contributed by atoms with Crippen LogP contribution < -0.4 is 11.0 Å². The molecule has 0 saturated carbocycles. The van der Waals surface area contributed by atoms with E-state index in [0.29, 0.717) is 5.56 Å². The summed E-state index contributed by atoms with van der Waals surface area (Å²) in [4.78, 5) is 43.3. The van der Waals surface area contributed by atoms with Crippen LogP contribution in [0.5, 0.6) is 0 Å². The molecule has 1 aromatic heterocycles. The quantitative estimate of drug-likeness (QED) is 0.454. The van der Waals surface area contributed by atoms with Gasteiger partial charge in [0.25, 0.3) is 5.91 Å². The number of hydrogen-bond acceptors (Lipinski definition) is 8. The number of amides is 1. The van der Waals surface area contributed by atoms with Crippen molar-refractivity contribution in [1.82, 2.24) is 9.55 Å². The predicted octanol–water partition coefficient (Wildman–Crippen LogP) is 4.92. The molecule has 0 radical (unpaired) electrons. The van der Waals surface area contributed by atoms with Crippen molar-refractivity contribution in [2.75, 3.05) is 11.9 Å². The summed E-state index contributed by atoms with van der Waals surface area (Å²) in [5.74, 6) is -0.687. The smallest absolute Gasteiger partial charge is 0.352 e. The van der Waals surface area contributed by atoms with E-state index in [9.17, 15) is 14.4 Å². The molecule has 2 aromatic rings. The second-order valence-corrected chi connectivity index (χ2v) is 20.6. The van der Waals surface area contributed by atoms with E-state index in [2.05, 4.69) is 65.7 Å². The molecule has 40 heavy (non-hydrogen) atoms. The maximum absolute atomic E-state index is 13.8. The number of benzene rings is 1. The number of ether oxygens (including phenoxy) is 1. The molecular formula is C28H41N3O7Si2. The van der Waals surface area contributed by atoms with Crippen LogP contribution in [0.2, 0.25) is 22.2 Å². The number of carbonyl (C=O) groups is 2. The molecule has 10 nitrogen and oxygen atoms in total. The van der Waals surface area contributed by atoms with Crippen LogP contribution >= 0.6 is 0 Å². The third-order valence-corrected chi connectivity index (χ3v) is 18.1. The number of nitrogens with zero attached hydrogens (tertiary/aromatic N) is 2. The molecule has 4 rings (SSSR count).